The van der Waals surface area contributed by atoms with Crippen molar-refractivity contribution in [3.8, 4) is 0 Å². The second kappa shape index (κ2) is 3.84. The highest BCUT2D eigenvalue weighted by Crippen LogP contribution is 2.54. The molecule has 16 heavy (non-hydrogen) atoms. The van der Waals surface area contributed by atoms with Gasteiger partial charge in [0.25, 0.3) is 0 Å². The Morgan fingerprint density at radius 3 is 2.81 bits per heavy atom. The molecule has 3 nitrogen and oxygen atoms in total. The lowest BCUT2D eigenvalue weighted by Crippen LogP contribution is -2.22. The number of hydrogen-bond donors (Lipinski definition) is 1. The van der Waals surface area contributed by atoms with E-state index in [1.54, 1.807) is 6.20 Å². The number of amides is 1. The van der Waals surface area contributed by atoms with Gasteiger partial charge >= 0.3 is 0 Å². The Labute approximate surface area is 103 Å². The molecule has 0 saturated heterocycles. The first-order valence-electron chi connectivity index (χ1n) is 5.65. The van der Waals surface area contributed by atoms with Crippen LogP contribution in [0.25, 0.3) is 0 Å². The highest BCUT2D eigenvalue weighted by Gasteiger charge is 2.47. The van der Waals surface area contributed by atoms with Crippen LogP contribution in [0.4, 0.5) is 5.82 Å². The summed E-state index contributed by atoms with van der Waals surface area (Å²) in [7, 11) is 0. The molecule has 1 amide bonds. The Morgan fingerprint density at radius 2 is 2.12 bits per heavy atom. The third kappa shape index (κ3) is 1.98. The third-order valence-corrected chi connectivity index (χ3v) is 4.08. The van der Waals surface area contributed by atoms with E-state index in [2.05, 4.69) is 26.2 Å². The fraction of sp³-hybridized carbons (Fsp3) is 0.500. The van der Waals surface area contributed by atoms with Crippen molar-refractivity contribution in [1.29, 1.82) is 0 Å². The Balaban J connectivity index is 1.64. The lowest BCUT2D eigenvalue weighted by Gasteiger charge is -2.11. The van der Waals surface area contributed by atoms with E-state index in [0.717, 1.165) is 29.2 Å². The number of anilines is 1. The Bertz CT molecular complexity index is 425. The van der Waals surface area contributed by atoms with E-state index >= 15 is 0 Å². The Hall–Kier alpha value is -0.900. The summed E-state index contributed by atoms with van der Waals surface area (Å²) in [5.41, 5.74) is 0. The van der Waals surface area contributed by atoms with Crippen molar-refractivity contribution in [1.82, 2.24) is 4.98 Å². The summed E-state index contributed by atoms with van der Waals surface area (Å²) in [6.45, 7) is 0. The zero-order chi connectivity index (χ0) is 11.1. The van der Waals surface area contributed by atoms with E-state index in [0.29, 0.717) is 5.82 Å². The van der Waals surface area contributed by atoms with Gasteiger partial charge in [0.1, 0.15) is 5.82 Å². The monoisotopic (exact) mass is 280 g/mol. The molecule has 1 aromatic heterocycles. The number of fused-ring (bicyclic) bond motifs is 1. The molecular weight excluding hydrogens is 268 g/mol. The van der Waals surface area contributed by atoms with Crippen LogP contribution in [-0.4, -0.2) is 10.9 Å². The van der Waals surface area contributed by atoms with Crippen molar-refractivity contribution in [2.75, 3.05) is 5.32 Å². The first kappa shape index (κ1) is 10.3. The van der Waals surface area contributed by atoms with Crippen LogP contribution in [0.3, 0.4) is 0 Å². The molecule has 2 aliphatic carbocycles. The minimum absolute atomic E-state index is 0.137. The molecule has 84 valence electrons. The van der Waals surface area contributed by atoms with Crippen LogP contribution in [-0.2, 0) is 4.79 Å². The van der Waals surface area contributed by atoms with Crippen molar-refractivity contribution in [3.63, 3.8) is 0 Å². The summed E-state index contributed by atoms with van der Waals surface area (Å²) >= 11 is 3.36. The number of carbonyl (C=O) groups excluding carboxylic acids is 1. The molecule has 2 fully saturated rings. The molecule has 2 atom stereocenters. The van der Waals surface area contributed by atoms with Crippen LogP contribution in [0.1, 0.15) is 19.3 Å². The number of hydrogen-bond acceptors (Lipinski definition) is 2. The predicted octanol–water partition coefficient (Wildman–Crippen LogP) is 2.83. The Morgan fingerprint density at radius 1 is 1.38 bits per heavy atom. The molecule has 4 heteroatoms. The summed E-state index contributed by atoms with van der Waals surface area (Å²) in [4.78, 5) is 16.0. The quantitative estimate of drug-likeness (QED) is 0.905. The van der Waals surface area contributed by atoms with Crippen LogP contribution in [0.2, 0.25) is 0 Å². The fourth-order valence-corrected chi connectivity index (χ4v) is 2.97. The lowest BCUT2D eigenvalue weighted by molar-refractivity contribution is -0.120. The van der Waals surface area contributed by atoms with Crippen LogP contribution in [0, 0.1) is 17.8 Å². The number of nitrogens with one attached hydrogen (secondary N) is 1. The molecule has 0 aliphatic heterocycles. The summed E-state index contributed by atoms with van der Waals surface area (Å²) in [6.07, 6.45) is 5.18. The second-order valence-corrected chi connectivity index (χ2v) is 5.69. The largest absolute Gasteiger partial charge is 0.310 e. The van der Waals surface area contributed by atoms with E-state index in [-0.39, 0.29) is 11.8 Å². The minimum atomic E-state index is 0.137. The van der Waals surface area contributed by atoms with E-state index in [4.69, 9.17) is 0 Å². The molecular formula is C12H13BrN2O. The summed E-state index contributed by atoms with van der Waals surface area (Å²) in [5, 5.41) is 2.89. The first-order valence-corrected chi connectivity index (χ1v) is 6.44. The summed E-state index contributed by atoms with van der Waals surface area (Å²) in [6, 6.07) is 3.67. The van der Waals surface area contributed by atoms with Gasteiger partial charge in [-0.25, -0.2) is 4.98 Å². The van der Waals surface area contributed by atoms with Gasteiger partial charge in [0.2, 0.25) is 5.91 Å². The van der Waals surface area contributed by atoms with Gasteiger partial charge in [-0.2, -0.15) is 0 Å². The van der Waals surface area contributed by atoms with Crippen molar-refractivity contribution < 1.29 is 4.79 Å². The molecule has 0 bridgehead atoms. The fourth-order valence-electron chi connectivity index (χ4n) is 2.63. The molecule has 2 unspecified atom stereocenters. The van der Waals surface area contributed by atoms with Crippen molar-refractivity contribution >= 4 is 27.7 Å². The highest BCUT2D eigenvalue weighted by molar-refractivity contribution is 9.10. The number of nitrogens with zero attached hydrogens (tertiary/aromatic N) is 1. The van der Waals surface area contributed by atoms with Gasteiger partial charge in [-0.1, -0.05) is 15.9 Å². The van der Waals surface area contributed by atoms with Crippen molar-refractivity contribution in [2.24, 2.45) is 17.8 Å². The normalized spacial score (nSPS) is 30.9. The summed E-state index contributed by atoms with van der Waals surface area (Å²) in [5.74, 6) is 2.67. The van der Waals surface area contributed by atoms with Crippen LogP contribution in [0.5, 0.6) is 0 Å². The van der Waals surface area contributed by atoms with Gasteiger partial charge in [-0.15, -0.1) is 0 Å². The maximum Gasteiger partial charge on any atom is 0.228 e. The minimum Gasteiger partial charge on any atom is -0.310 e. The zero-order valence-corrected chi connectivity index (χ0v) is 10.4. The van der Waals surface area contributed by atoms with E-state index in [1.807, 2.05) is 12.1 Å². The molecule has 0 radical (unpaired) electrons. The van der Waals surface area contributed by atoms with Gasteiger partial charge in [0.15, 0.2) is 0 Å². The van der Waals surface area contributed by atoms with Crippen molar-refractivity contribution in [3.05, 3.63) is 22.8 Å². The molecule has 1 heterocycles. The smallest absolute Gasteiger partial charge is 0.228 e. The third-order valence-electron chi connectivity index (χ3n) is 3.59. The van der Waals surface area contributed by atoms with Gasteiger partial charge < -0.3 is 5.32 Å². The number of aromatic nitrogens is 1. The number of halogens is 1. The topological polar surface area (TPSA) is 42.0 Å². The van der Waals surface area contributed by atoms with E-state index in [9.17, 15) is 4.79 Å². The highest BCUT2D eigenvalue weighted by atomic mass is 79.9. The SMILES string of the molecule is O=C(Nc1cc(Br)ccn1)C1CC2CC2C1. The van der Waals surface area contributed by atoms with E-state index < -0.39 is 0 Å². The molecule has 0 aromatic carbocycles. The predicted molar refractivity (Wildman–Crippen MR) is 64.9 cm³/mol. The molecule has 2 saturated carbocycles. The van der Waals surface area contributed by atoms with Gasteiger partial charge in [0.05, 0.1) is 0 Å². The van der Waals surface area contributed by atoms with Gasteiger partial charge in [0, 0.05) is 16.6 Å². The molecule has 1 N–H and O–H groups in total. The lowest BCUT2D eigenvalue weighted by atomic mass is 10.0. The number of pyridine rings is 1. The molecule has 3 rings (SSSR count). The average Bonchev–Trinajstić information content (AvgIpc) is 2.86. The van der Waals surface area contributed by atoms with Crippen LogP contribution in [0.15, 0.2) is 22.8 Å². The maximum absolute atomic E-state index is 11.9. The van der Waals surface area contributed by atoms with Crippen molar-refractivity contribution in [2.45, 2.75) is 19.3 Å². The summed E-state index contributed by atoms with van der Waals surface area (Å²) < 4.78 is 0.937. The maximum atomic E-state index is 11.9. The van der Waals surface area contributed by atoms with Gasteiger partial charge in [-0.05, 0) is 43.2 Å². The zero-order valence-electron chi connectivity index (χ0n) is 8.82. The Kier molecular flexibility index (Phi) is 2.46. The number of carbonyl (C=O) groups is 1. The standard InChI is InChI=1S/C12H13BrN2O/c13-10-1-2-14-11(6-10)15-12(16)9-4-7-3-8(7)5-9/h1-2,6-9H,3-5H2,(H,14,15,16). The molecule has 2 aliphatic rings. The molecule has 0 spiro atoms. The number of rotatable bonds is 2. The first-order chi connectivity index (χ1) is 7.72. The second-order valence-electron chi connectivity index (χ2n) is 4.77. The van der Waals surface area contributed by atoms with Crippen LogP contribution < -0.4 is 5.32 Å². The van der Waals surface area contributed by atoms with E-state index in [1.165, 1.54) is 6.42 Å². The van der Waals surface area contributed by atoms with Crippen LogP contribution >= 0.6 is 15.9 Å². The molecule has 1 aromatic rings. The average molecular weight is 281 g/mol. The van der Waals surface area contributed by atoms with Gasteiger partial charge in [-0.3, -0.25) is 4.79 Å².